The molecule has 0 radical (unpaired) electrons. The van der Waals surface area contributed by atoms with Gasteiger partial charge < -0.3 is 15.6 Å². The number of anilines is 1. The predicted octanol–water partition coefficient (Wildman–Crippen LogP) is 1.20. The Morgan fingerprint density at radius 3 is 2.71 bits per heavy atom. The number of nitrogen functional groups attached to an aromatic ring is 1. The highest BCUT2D eigenvalue weighted by Gasteiger charge is 2.11. The van der Waals surface area contributed by atoms with E-state index in [1.165, 1.54) is 0 Å². The van der Waals surface area contributed by atoms with Crippen molar-refractivity contribution in [1.82, 2.24) is 4.98 Å². The van der Waals surface area contributed by atoms with Crippen LogP contribution < -0.4 is 10.5 Å². The van der Waals surface area contributed by atoms with E-state index in [2.05, 4.69) is 4.98 Å². The second-order valence-corrected chi connectivity index (χ2v) is 3.83. The van der Waals surface area contributed by atoms with Gasteiger partial charge >= 0.3 is 0 Å². The summed E-state index contributed by atoms with van der Waals surface area (Å²) in [6.07, 6.45) is 2.15. The van der Waals surface area contributed by atoms with E-state index in [1.54, 1.807) is 32.2 Å². The first-order valence-corrected chi connectivity index (χ1v) is 4.54. The van der Waals surface area contributed by atoms with Crippen molar-refractivity contribution in [2.24, 2.45) is 0 Å². The Morgan fingerprint density at radius 1 is 1.50 bits per heavy atom. The molecule has 3 N–H and O–H groups in total. The van der Waals surface area contributed by atoms with Gasteiger partial charge in [0.1, 0.15) is 11.6 Å². The minimum absolute atomic E-state index is 0.467. The summed E-state index contributed by atoms with van der Waals surface area (Å²) in [5.41, 5.74) is 4.72. The smallest absolute Gasteiger partial charge is 0.137 e. The predicted molar refractivity (Wildman–Crippen MR) is 55.1 cm³/mol. The molecular weight excluding hydrogens is 180 g/mol. The van der Waals surface area contributed by atoms with Crippen LogP contribution in [0.2, 0.25) is 0 Å². The summed E-state index contributed by atoms with van der Waals surface area (Å²) in [6, 6.07) is 3.44. The zero-order valence-electron chi connectivity index (χ0n) is 8.53. The quantitative estimate of drug-likeness (QED) is 0.759. The molecule has 1 aromatic rings. The maximum absolute atomic E-state index is 9.42. The number of hydrogen-bond acceptors (Lipinski definition) is 4. The molecule has 1 aromatic heterocycles. The fraction of sp³-hybridized carbons (Fsp3) is 0.500. The number of ether oxygens (including phenoxy) is 1. The van der Waals surface area contributed by atoms with E-state index in [-0.39, 0.29) is 0 Å². The van der Waals surface area contributed by atoms with Gasteiger partial charge in [-0.25, -0.2) is 4.98 Å². The number of rotatable bonds is 4. The first-order valence-electron chi connectivity index (χ1n) is 4.54. The van der Waals surface area contributed by atoms with Crippen LogP contribution in [0.4, 0.5) is 5.82 Å². The molecule has 14 heavy (non-hydrogen) atoms. The van der Waals surface area contributed by atoms with Crippen LogP contribution in [-0.4, -0.2) is 22.3 Å². The third kappa shape index (κ3) is 4.09. The second kappa shape index (κ2) is 4.28. The number of hydrogen-bond donors (Lipinski definition) is 2. The first kappa shape index (κ1) is 10.8. The summed E-state index contributed by atoms with van der Waals surface area (Å²) in [5, 5.41) is 9.42. The lowest BCUT2D eigenvalue weighted by Gasteiger charge is -2.16. The van der Waals surface area contributed by atoms with Crippen molar-refractivity contribution in [2.75, 3.05) is 12.3 Å². The van der Waals surface area contributed by atoms with E-state index in [1.807, 2.05) is 0 Å². The summed E-state index contributed by atoms with van der Waals surface area (Å²) in [7, 11) is 0. The maximum atomic E-state index is 9.42. The summed E-state index contributed by atoms with van der Waals surface area (Å²) >= 11 is 0. The number of nitrogens with two attached hydrogens (primary N) is 1. The third-order valence-electron chi connectivity index (χ3n) is 1.74. The number of aromatic nitrogens is 1. The van der Waals surface area contributed by atoms with Crippen LogP contribution in [0, 0.1) is 0 Å². The Bertz CT molecular complexity index is 277. The van der Waals surface area contributed by atoms with Gasteiger partial charge in [0.2, 0.25) is 0 Å². The van der Waals surface area contributed by atoms with Crippen molar-refractivity contribution in [2.45, 2.75) is 25.9 Å². The molecule has 0 aromatic carbocycles. The van der Waals surface area contributed by atoms with E-state index in [0.29, 0.717) is 24.6 Å². The van der Waals surface area contributed by atoms with E-state index in [4.69, 9.17) is 10.5 Å². The van der Waals surface area contributed by atoms with Gasteiger partial charge in [-0.05, 0) is 26.0 Å². The number of nitrogens with zero attached hydrogens (tertiary/aromatic N) is 1. The fourth-order valence-corrected chi connectivity index (χ4v) is 0.896. The third-order valence-corrected chi connectivity index (χ3v) is 1.74. The Morgan fingerprint density at radius 2 is 2.21 bits per heavy atom. The highest BCUT2D eigenvalue weighted by molar-refractivity contribution is 5.31. The Balaban J connectivity index is 2.35. The molecule has 0 bridgehead atoms. The van der Waals surface area contributed by atoms with Crippen LogP contribution in [0.15, 0.2) is 18.3 Å². The molecule has 0 saturated heterocycles. The highest BCUT2D eigenvalue weighted by Crippen LogP contribution is 2.12. The molecule has 0 aliphatic carbocycles. The lowest BCUT2D eigenvalue weighted by atomic mass is 10.1. The lowest BCUT2D eigenvalue weighted by Crippen LogP contribution is -2.21. The van der Waals surface area contributed by atoms with Crippen molar-refractivity contribution in [1.29, 1.82) is 0 Å². The molecule has 0 unspecified atom stereocenters. The van der Waals surface area contributed by atoms with E-state index in [9.17, 15) is 5.11 Å². The fourth-order valence-electron chi connectivity index (χ4n) is 0.896. The van der Waals surface area contributed by atoms with Gasteiger partial charge in [-0.2, -0.15) is 0 Å². The summed E-state index contributed by atoms with van der Waals surface area (Å²) in [6.45, 7) is 3.96. The number of aliphatic hydroxyl groups is 1. The maximum Gasteiger partial charge on any atom is 0.137 e. The molecule has 0 aliphatic heterocycles. The molecule has 0 atom stereocenters. The molecule has 0 aliphatic rings. The van der Waals surface area contributed by atoms with Crippen LogP contribution in [0.5, 0.6) is 5.75 Å². The number of pyridine rings is 1. The van der Waals surface area contributed by atoms with E-state index >= 15 is 0 Å². The summed E-state index contributed by atoms with van der Waals surface area (Å²) < 4.78 is 5.36. The molecule has 1 rings (SSSR count). The molecule has 4 heteroatoms. The first-order chi connectivity index (χ1) is 6.47. The van der Waals surface area contributed by atoms with Gasteiger partial charge in [0.25, 0.3) is 0 Å². The average molecular weight is 196 g/mol. The molecule has 1 heterocycles. The SMILES string of the molecule is CC(C)(O)CCOc1ccc(N)nc1. The summed E-state index contributed by atoms with van der Waals surface area (Å²) in [4.78, 5) is 3.88. The molecular formula is C10H16N2O2. The standard InChI is InChI=1S/C10H16N2O2/c1-10(2,13)5-6-14-8-3-4-9(11)12-7-8/h3-4,7,13H,5-6H2,1-2H3,(H2,11,12). The van der Waals surface area contributed by atoms with Gasteiger partial charge in [-0.1, -0.05) is 0 Å². The van der Waals surface area contributed by atoms with Gasteiger partial charge in [-0.3, -0.25) is 0 Å². The Kier molecular flexibility index (Phi) is 3.30. The van der Waals surface area contributed by atoms with Gasteiger partial charge in [0, 0.05) is 6.42 Å². The van der Waals surface area contributed by atoms with Crippen LogP contribution in [0.3, 0.4) is 0 Å². The highest BCUT2D eigenvalue weighted by atomic mass is 16.5. The van der Waals surface area contributed by atoms with Crippen LogP contribution in [-0.2, 0) is 0 Å². The molecule has 0 fully saturated rings. The zero-order valence-corrected chi connectivity index (χ0v) is 8.53. The minimum atomic E-state index is -0.693. The monoisotopic (exact) mass is 196 g/mol. The van der Waals surface area contributed by atoms with Gasteiger partial charge in [0.15, 0.2) is 0 Å². The molecule has 0 spiro atoms. The van der Waals surface area contributed by atoms with E-state index < -0.39 is 5.60 Å². The Hall–Kier alpha value is -1.29. The Labute approximate surface area is 83.7 Å². The van der Waals surface area contributed by atoms with E-state index in [0.717, 1.165) is 0 Å². The van der Waals surface area contributed by atoms with Crippen molar-refractivity contribution in [3.05, 3.63) is 18.3 Å². The van der Waals surface area contributed by atoms with Crippen molar-refractivity contribution < 1.29 is 9.84 Å². The van der Waals surface area contributed by atoms with Gasteiger partial charge in [-0.15, -0.1) is 0 Å². The topological polar surface area (TPSA) is 68.4 Å². The second-order valence-electron chi connectivity index (χ2n) is 3.83. The summed E-state index contributed by atoms with van der Waals surface area (Å²) in [5.74, 6) is 1.14. The van der Waals surface area contributed by atoms with Crippen molar-refractivity contribution in [3.8, 4) is 5.75 Å². The molecule has 4 nitrogen and oxygen atoms in total. The lowest BCUT2D eigenvalue weighted by molar-refractivity contribution is 0.0553. The zero-order chi connectivity index (χ0) is 10.6. The average Bonchev–Trinajstić information content (AvgIpc) is 2.06. The van der Waals surface area contributed by atoms with Crippen LogP contribution in [0.25, 0.3) is 0 Å². The van der Waals surface area contributed by atoms with Crippen molar-refractivity contribution in [3.63, 3.8) is 0 Å². The molecule has 78 valence electrons. The minimum Gasteiger partial charge on any atom is -0.492 e. The van der Waals surface area contributed by atoms with Crippen molar-refractivity contribution >= 4 is 5.82 Å². The van der Waals surface area contributed by atoms with Crippen LogP contribution >= 0.6 is 0 Å². The van der Waals surface area contributed by atoms with Crippen LogP contribution in [0.1, 0.15) is 20.3 Å². The molecule has 0 amide bonds. The molecule has 0 saturated carbocycles. The largest absolute Gasteiger partial charge is 0.492 e. The van der Waals surface area contributed by atoms with Gasteiger partial charge in [0.05, 0.1) is 18.4 Å². The normalized spacial score (nSPS) is 11.4.